The van der Waals surface area contributed by atoms with Crippen LogP contribution < -0.4 is 4.74 Å². The molecule has 3 aromatic rings. The molecular weight excluding hydrogens is 274 g/mol. The molecule has 21 heavy (non-hydrogen) atoms. The monoisotopic (exact) mass is 283 g/mol. The fourth-order valence-electron chi connectivity index (χ4n) is 1.73. The molecule has 2 N–H and O–H groups in total. The molecule has 0 amide bonds. The Morgan fingerprint density at radius 2 is 2.14 bits per heavy atom. The Morgan fingerprint density at radius 1 is 1.24 bits per heavy atom. The second-order valence-electron chi connectivity index (χ2n) is 4.03. The van der Waals surface area contributed by atoms with E-state index in [2.05, 4.69) is 25.6 Å². The van der Waals surface area contributed by atoms with Gasteiger partial charge in [0.15, 0.2) is 0 Å². The highest BCUT2D eigenvalue weighted by Gasteiger charge is 2.13. The lowest BCUT2D eigenvalue weighted by molar-refractivity contribution is 0.0693. The van der Waals surface area contributed by atoms with Crippen molar-refractivity contribution in [3.63, 3.8) is 0 Å². The quantitative estimate of drug-likeness (QED) is 0.749. The third-order valence-electron chi connectivity index (χ3n) is 2.65. The van der Waals surface area contributed by atoms with Gasteiger partial charge in [-0.05, 0) is 29.5 Å². The zero-order chi connectivity index (χ0) is 14.7. The van der Waals surface area contributed by atoms with Crippen LogP contribution >= 0.6 is 0 Å². The van der Waals surface area contributed by atoms with Gasteiger partial charge in [0.05, 0.1) is 0 Å². The number of nitrogens with one attached hydrogen (secondary N) is 1. The van der Waals surface area contributed by atoms with Gasteiger partial charge in [-0.2, -0.15) is 5.21 Å². The summed E-state index contributed by atoms with van der Waals surface area (Å²) >= 11 is 0. The molecule has 2 aromatic heterocycles. The molecule has 0 atom stereocenters. The minimum atomic E-state index is -1.10. The number of hydrogen-bond donors (Lipinski definition) is 2. The van der Waals surface area contributed by atoms with Gasteiger partial charge in [0, 0.05) is 11.8 Å². The van der Waals surface area contributed by atoms with E-state index in [1.807, 2.05) is 0 Å². The molecule has 104 valence electrons. The topological polar surface area (TPSA) is 114 Å². The molecule has 0 aliphatic carbocycles. The van der Waals surface area contributed by atoms with Gasteiger partial charge < -0.3 is 9.84 Å². The first-order valence-electron chi connectivity index (χ1n) is 5.94. The normalized spacial score (nSPS) is 10.3. The fourth-order valence-corrected chi connectivity index (χ4v) is 1.73. The molecule has 0 saturated heterocycles. The molecule has 0 saturated carbocycles. The predicted molar refractivity (Wildman–Crippen MR) is 70.9 cm³/mol. The number of carboxylic acid groups (broad SMARTS) is 1. The zero-order valence-electron chi connectivity index (χ0n) is 10.6. The van der Waals surface area contributed by atoms with E-state index in [1.165, 1.54) is 18.3 Å². The van der Waals surface area contributed by atoms with Crippen molar-refractivity contribution < 1.29 is 14.6 Å². The van der Waals surface area contributed by atoms with Gasteiger partial charge in [0.1, 0.15) is 11.3 Å². The predicted octanol–water partition coefficient (Wildman–Crippen LogP) is 1.75. The summed E-state index contributed by atoms with van der Waals surface area (Å²) in [6, 6.07) is 9.84. The van der Waals surface area contributed by atoms with E-state index in [-0.39, 0.29) is 11.4 Å². The first-order chi connectivity index (χ1) is 10.2. The lowest BCUT2D eigenvalue weighted by atomic mass is 10.2. The summed E-state index contributed by atoms with van der Waals surface area (Å²) in [5.41, 5.74) is 0.677. The number of H-pyrrole nitrogens is 1. The molecule has 0 unspecified atom stereocenters. The highest BCUT2D eigenvalue weighted by molar-refractivity contribution is 5.90. The molecule has 0 aliphatic rings. The number of hydrogen-bond acceptors (Lipinski definition) is 6. The van der Waals surface area contributed by atoms with Crippen molar-refractivity contribution in [1.82, 2.24) is 25.6 Å². The van der Waals surface area contributed by atoms with E-state index in [0.29, 0.717) is 17.1 Å². The Morgan fingerprint density at radius 3 is 2.90 bits per heavy atom. The average molecular weight is 283 g/mol. The second-order valence-corrected chi connectivity index (χ2v) is 4.03. The number of aromatic carboxylic acids is 1. The van der Waals surface area contributed by atoms with Crippen LogP contribution in [-0.2, 0) is 0 Å². The molecule has 3 rings (SSSR count). The van der Waals surface area contributed by atoms with Crippen molar-refractivity contribution in [3.05, 3.63) is 48.2 Å². The maximum atomic E-state index is 11.1. The average Bonchev–Trinajstić information content (AvgIpc) is 3.02. The van der Waals surface area contributed by atoms with Gasteiger partial charge >= 0.3 is 5.97 Å². The van der Waals surface area contributed by atoms with E-state index in [1.54, 1.807) is 24.3 Å². The summed E-state index contributed by atoms with van der Waals surface area (Å²) in [6.45, 7) is 0. The lowest BCUT2D eigenvalue weighted by Gasteiger charge is -2.07. The van der Waals surface area contributed by atoms with Crippen LogP contribution in [0.25, 0.3) is 11.4 Å². The summed E-state index contributed by atoms with van der Waals surface area (Å²) in [5.74, 6) is -0.235. The number of carboxylic acids is 1. The van der Waals surface area contributed by atoms with Gasteiger partial charge in [-0.1, -0.05) is 12.1 Å². The van der Waals surface area contributed by atoms with Gasteiger partial charge in [0.25, 0.3) is 0 Å². The molecule has 0 fully saturated rings. The Bertz CT molecular complexity index is 773. The van der Waals surface area contributed by atoms with Crippen LogP contribution in [0.5, 0.6) is 11.6 Å². The third-order valence-corrected chi connectivity index (χ3v) is 2.65. The molecule has 8 nitrogen and oxygen atoms in total. The summed E-state index contributed by atoms with van der Waals surface area (Å²) in [6.07, 6.45) is 1.46. The Hall–Kier alpha value is -3.29. The van der Waals surface area contributed by atoms with Gasteiger partial charge in [-0.25, -0.2) is 9.78 Å². The van der Waals surface area contributed by atoms with Crippen LogP contribution in [0.1, 0.15) is 10.4 Å². The summed E-state index contributed by atoms with van der Waals surface area (Å²) in [7, 11) is 0. The Balaban J connectivity index is 1.93. The standard InChI is InChI=1S/C13H9N5O3/c19-13(20)10-5-2-6-14-12(10)21-9-4-1-3-8(7-9)11-15-17-18-16-11/h1-7H,(H,19,20)(H,15,16,17,18). The van der Waals surface area contributed by atoms with E-state index in [4.69, 9.17) is 9.84 Å². The number of benzene rings is 1. The maximum Gasteiger partial charge on any atom is 0.341 e. The van der Waals surface area contributed by atoms with Crippen molar-refractivity contribution >= 4 is 5.97 Å². The van der Waals surface area contributed by atoms with Gasteiger partial charge in [0.2, 0.25) is 11.7 Å². The third kappa shape index (κ3) is 2.68. The molecule has 0 radical (unpaired) electrons. The zero-order valence-corrected chi connectivity index (χ0v) is 10.6. The molecular formula is C13H9N5O3. The van der Waals surface area contributed by atoms with E-state index < -0.39 is 5.97 Å². The number of carbonyl (C=O) groups is 1. The Labute approximate surface area is 118 Å². The molecule has 0 aliphatic heterocycles. The highest BCUT2D eigenvalue weighted by Crippen LogP contribution is 2.26. The van der Waals surface area contributed by atoms with Crippen molar-refractivity contribution in [2.75, 3.05) is 0 Å². The minimum Gasteiger partial charge on any atom is -0.477 e. The number of nitrogens with zero attached hydrogens (tertiary/aromatic N) is 4. The number of pyridine rings is 1. The smallest absolute Gasteiger partial charge is 0.341 e. The van der Waals surface area contributed by atoms with Crippen LogP contribution in [-0.4, -0.2) is 36.7 Å². The fraction of sp³-hybridized carbons (Fsp3) is 0. The number of tetrazole rings is 1. The SMILES string of the molecule is O=C(O)c1cccnc1Oc1cccc(-c2nn[nH]n2)c1. The number of rotatable bonds is 4. The first-order valence-corrected chi connectivity index (χ1v) is 5.94. The summed E-state index contributed by atoms with van der Waals surface area (Å²) in [4.78, 5) is 15.0. The number of ether oxygens (including phenoxy) is 1. The van der Waals surface area contributed by atoms with E-state index in [9.17, 15) is 4.79 Å². The van der Waals surface area contributed by atoms with Crippen molar-refractivity contribution in [2.24, 2.45) is 0 Å². The van der Waals surface area contributed by atoms with E-state index >= 15 is 0 Å². The first kappa shape index (κ1) is 12.7. The van der Waals surface area contributed by atoms with Crippen LogP contribution in [0.15, 0.2) is 42.6 Å². The second kappa shape index (κ2) is 5.37. The maximum absolute atomic E-state index is 11.1. The largest absolute Gasteiger partial charge is 0.477 e. The van der Waals surface area contributed by atoms with Gasteiger partial charge in [-0.15, -0.1) is 10.2 Å². The Kier molecular flexibility index (Phi) is 3.26. The van der Waals surface area contributed by atoms with Gasteiger partial charge in [-0.3, -0.25) is 0 Å². The number of aromatic nitrogens is 5. The van der Waals surface area contributed by atoms with Crippen molar-refractivity contribution in [3.8, 4) is 23.0 Å². The molecule has 8 heteroatoms. The van der Waals surface area contributed by atoms with Crippen LogP contribution in [0.2, 0.25) is 0 Å². The van der Waals surface area contributed by atoms with Crippen molar-refractivity contribution in [2.45, 2.75) is 0 Å². The van der Waals surface area contributed by atoms with Crippen LogP contribution in [0, 0.1) is 0 Å². The molecule has 1 aromatic carbocycles. The number of aromatic amines is 1. The lowest BCUT2D eigenvalue weighted by Crippen LogP contribution is -2.01. The van der Waals surface area contributed by atoms with Crippen molar-refractivity contribution in [1.29, 1.82) is 0 Å². The summed E-state index contributed by atoms with van der Waals surface area (Å²) < 4.78 is 5.53. The summed E-state index contributed by atoms with van der Waals surface area (Å²) in [5, 5.41) is 22.7. The molecule has 0 bridgehead atoms. The minimum absolute atomic E-state index is 0.0116. The van der Waals surface area contributed by atoms with Crippen LogP contribution in [0.3, 0.4) is 0 Å². The molecule has 0 spiro atoms. The van der Waals surface area contributed by atoms with Crippen LogP contribution in [0.4, 0.5) is 0 Å². The molecule has 2 heterocycles. The van der Waals surface area contributed by atoms with E-state index in [0.717, 1.165) is 0 Å². The highest BCUT2D eigenvalue weighted by atomic mass is 16.5.